The Morgan fingerprint density at radius 1 is 1.21 bits per heavy atom. The number of carbonyl (C=O) groups excluding carboxylic acids is 2. The summed E-state index contributed by atoms with van der Waals surface area (Å²) in [6.07, 6.45) is 0. The van der Waals surface area contributed by atoms with Crippen molar-refractivity contribution in [3.8, 4) is 5.75 Å². The van der Waals surface area contributed by atoms with Crippen molar-refractivity contribution in [2.75, 3.05) is 23.9 Å². The van der Waals surface area contributed by atoms with E-state index in [0.29, 0.717) is 22.1 Å². The van der Waals surface area contributed by atoms with Crippen molar-refractivity contribution < 1.29 is 14.3 Å². The van der Waals surface area contributed by atoms with Crippen LogP contribution in [0.15, 0.2) is 42.5 Å². The molecule has 0 atom stereocenters. The summed E-state index contributed by atoms with van der Waals surface area (Å²) in [7, 11) is 1.56. The van der Waals surface area contributed by atoms with Crippen molar-refractivity contribution in [3.63, 3.8) is 0 Å². The van der Waals surface area contributed by atoms with Gasteiger partial charge < -0.3 is 15.0 Å². The van der Waals surface area contributed by atoms with Crippen LogP contribution >= 0.6 is 11.6 Å². The molecular weight excluding hydrogens is 328 g/mol. The van der Waals surface area contributed by atoms with Crippen LogP contribution in [0, 0.1) is 6.92 Å². The summed E-state index contributed by atoms with van der Waals surface area (Å²) in [4.78, 5) is 25.7. The molecule has 0 aliphatic rings. The molecule has 2 rings (SSSR count). The van der Waals surface area contributed by atoms with Crippen LogP contribution in [-0.4, -0.2) is 25.5 Å². The second kappa shape index (κ2) is 7.84. The molecule has 2 aromatic carbocycles. The van der Waals surface area contributed by atoms with Gasteiger partial charge in [0.15, 0.2) is 0 Å². The smallest absolute Gasteiger partial charge is 0.244 e. The zero-order valence-corrected chi connectivity index (χ0v) is 14.6. The third kappa shape index (κ3) is 4.49. The first kappa shape index (κ1) is 17.8. The maximum absolute atomic E-state index is 12.3. The predicted octanol–water partition coefficient (Wildman–Crippen LogP) is 3.65. The number of aryl methyl sites for hydroxylation is 1. The number of nitrogens with one attached hydrogen (secondary N) is 1. The summed E-state index contributed by atoms with van der Waals surface area (Å²) in [6.45, 7) is 3.18. The van der Waals surface area contributed by atoms with E-state index in [1.807, 2.05) is 13.0 Å². The van der Waals surface area contributed by atoms with E-state index in [4.69, 9.17) is 16.3 Å². The number of benzene rings is 2. The zero-order chi connectivity index (χ0) is 17.7. The average Bonchev–Trinajstić information content (AvgIpc) is 2.55. The minimum absolute atomic E-state index is 0.103. The van der Waals surface area contributed by atoms with Crippen molar-refractivity contribution in [1.82, 2.24) is 0 Å². The summed E-state index contributed by atoms with van der Waals surface area (Å²) in [5, 5.41) is 3.27. The van der Waals surface area contributed by atoms with E-state index in [2.05, 4.69) is 5.32 Å². The molecule has 0 heterocycles. The highest BCUT2D eigenvalue weighted by molar-refractivity contribution is 6.31. The molecule has 2 aromatic rings. The van der Waals surface area contributed by atoms with Gasteiger partial charge in [-0.3, -0.25) is 9.59 Å². The summed E-state index contributed by atoms with van der Waals surface area (Å²) < 4.78 is 5.12. The second-order valence-corrected chi connectivity index (χ2v) is 5.75. The number of anilines is 2. The number of nitrogens with zero attached hydrogens (tertiary/aromatic N) is 1. The maximum atomic E-state index is 12.3. The molecule has 1 N–H and O–H groups in total. The highest BCUT2D eigenvalue weighted by atomic mass is 35.5. The quantitative estimate of drug-likeness (QED) is 0.899. The third-order valence-corrected chi connectivity index (χ3v) is 3.73. The van der Waals surface area contributed by atoms with Gasteiger partial charge in [0.2, 0.25) is 11.8 Å². The van der Waals surface area contributed by atoms with Gasteiger partial charge in [0.05, 0.1) is 7.11 Å². The first-order chi connectivity index (χ1) is 11.4. The predicted molar refractivity (Wildman–Crippen MR) is 95.8 cm³/mol. The molecule has 0 aromatic heterocycles. The van der Waals surface area contributed by atoms with E-state index < -0.39 is 0 Å². The highest BCUT2D eigenvalue weighted by Crippen LogP contribution is 2.24. The summed E-state index contributed by atoms with van der Waals surface area (Å²) >= 11 is 6.01. The fraction of sp³-hybridized carbons (Fsp3) is 0.222. The number of rotatable bonds is 5. The summed E-state index contributed by atoms with van der Waals surface area (Å²) in [5.41, 5.74) is 2.09. The molecule has 5 nitrogen and oxygen atoms in total. The number of amides is 2. The maximum Gasteiger partial charge on any atom is 0.244 e. The van der Waals surface area contributed by atoms with E-state index >= 15 is 0 Å². The van der Waals surface area contributed by atoms with Crippen LogP contribution < -0.4 is 15.0 Å². The highest BCUT2D eigenvalue weighted by Gasteiger charge is 2.18. The lowest BCUT2D eigenvalue weighted by molar-refractivity contribution is -0.120. The van der Waals surface area contributed by atoms with Gasteiger partial charge in [-0.1, -0.05) is 23.7 Å². The van der Waals surface area contributed by atoms with Crippen molar-refractivity contribution in [2.24, 2.45) is 0 Å². The molecule has 0 saturated carbocycles. The van der Waals surface area contributed by atoms with Crippen LogP contribution in [0.4, 0.5) is 11.4 Å². The molecular formula is C18H19ClN2O3. The van der Waals surface area contributed by atoms with Gasteiger partial charge in [0.25, 0.3) is 0 Å². The van der Waals surface area contributed by atoms with Gasteiger partial charge >= 0.3 is 0 Å². The van der Waals surface area contributed by atoms with Crippen LogP contribution in [-0.2, 0) is 9.59 Å². The molecule has 2 amide bonds. The fourth-order valence-electron chi connectivity index (χ4n) is 2.28. The van der Waals surface area contributed by atoms with Crippen LogP contribution in [0.5, 0.6) is 5.75 Å². The van der Waals surface area contributed by atoms with Gasteiger partial charge in [-0.25, -0.2) is 0 Å². The van der Waals surface area contributed by atoms with Crippen molar-refractivity contribution in [1.29, 1.82) is 0 Å². The molecule has 0 saturated heterocycles. The molecule has 0 fully saturated rings. The minimum Gasteiger partial charge on any atom is -0.497 e. The van der Waals surface area contributed by atoms with Gasteiger partial charge in [-0.2, -0.15) is 0 Å². The molecule has 0 bridgehead atoms. The Balaban J connectivity index is 2.17. The number of hydrogen-bond acceptors (Lipinski definition) is 3. The van der Waals surface area contributed by atoms with Crippen molar-refractivity contribution >= 4 is 34.8 Å². The molecule has 6 heteroatoms. The standard InChI is InChI=1S/C18H19ClN2O3/c1-12-7-8-14(19)9-17(12)21(13(2)22)11-18(23)20-15-5-4-6-16(10-15)24-3/h4-10H,11H2,1-3H3,(H,20,23). The van der Waals surface area contributed by atoms with Crippen molar-refractivity contribution in [3.05, 3.63) is 53.1 Å². The topological polar surface area (TPSA) is 58.6 Å². The van der Waals surface area contributed by atoms with E-state index in [9.17, 15) is 9.59 Å². The van der Waals surface area contributed by atoms with Gasteiger partial charge in [-0.05, 0) is 36.8 Å². The lowest BCUT2D eigenvalue weighted by atomic mass is 10.1. The Labute approximate surface area is 146 Å². The second-order valence-electron chi connectivity index (χ2n) is 5.32. The Hall–Kier alpha value is -2.53. The average molecular weight is 347 g/mol. The van der Waals surface area contributed by atoms with E-state index in [1.54, 1.807) is 43.5 Å². The van der Waals surface area contributed by atoms with Gasteiger partial charge in [0, 0.05) is 29.4 Å². The van der Waals surface area contributed by atoms with Crippen LogP contribution in [0.2, 0.25) is 5.02 Å². The first-order valence-electron chi connectivity index (χ1n) is 7.39. The normalized spacial score (nSPS) is 10.2. The Bertz CT molecular complexity index is 762. The number of methoxy groups -OCH3 is 1. The lowest BCUT2D eigenvalue weighted by Crippen LogP contribution is -2.37. The van der Waals surface area contributed by atoms with Gasteiger partial charge in [-0.15, -0.1) is 0 Å². The summed E-state index contributed by atoms with van der Waals surface area (Å²) in [6, 6.07) is 12.3. The van der Waals surface area contributed by atoms with E-state index in [1.165, 1.54) is 11.8 Å². The SMILES string of the molecule is COc1cccc(NC(=O)CN(C(C)=O)c2cc(Cl)ccc2C)c1. The Morgan fingerprint density at radius 3 is 2.62 bits per heavy atom. The third-order valence-electron chi connectivity index (χ3n) is 3.50. The lowest BCUT2D eigenvalue weighted by Gasteiger charge is -2.23. The molecule has 0 spiro atoms. The molecule has 0 radical (unpaired) electrons. The Morgan fingerprint density at radius 2 is 1.96 bits per heavy atom. The molecule has 126 valence electrons. The fourth-order valence-corrected chi connectivity index (χ4v) is 2.45. The van der Waals surface area contributed by atoms with E-state index in [-0.39, 0.29) is 18.4 Å². The number of halogens is 1. The number of ether oxygens (including phenoxy) is 1. The van der Waals surface area contributed by atoms with Crippen molar-refractivity contribution in [2.45, 2.75) is 13.8 Å². The van der Waals surface area contributed by atoms with Crippen LogP contribution in [0.1, 0.15) is 12.5 Å². The van der Waals surface area contributed by atoms with Crippen LogP contribution in [0.25, 0.3) is 0 Å². The van der Waals surface area contributed by atoms with E-state index in [0.717, 1.165) is 5.56 Å². The summed E-state index contributed by atoms with van der Waals surface area (Å²) in [5.74, 6) is 0.0981. The Kier molecular flexibility index (Phi) is 5.82. The largest absolute Gasteiger partial charge is 0.497 e. The molecule has 0 aliphatic carbocycles. The number of carbonyl (C=O) groups is 2. The molecule has 0 unspecified atom stereocenters. The monoisotopic (exact) mass is 346 g/mol. The zero-order valence-electron chi connectivity index (χ0n) is 13.8. The molecule has 0 aliphatic heterocycles. The van der Waals surface area contributed by atoms with Gasteiger partial charge in [0.1, 0.15) is 12.3 Å². The number of hydrogen-bond donors (Lipinski definition) is 1. The van der Waals surface area contributed by atoms with Crippen LogP contribution in [0.3, 0.4) is 0 Å². The minimum atomic E-state index is -0.308. The first-order valence-corrected chi connectivity index (χ1v) is 7.76. The molecule has 24 heavy (non-hydrogen) atoms.